The lowest BCUT2D eigenvalue weighted by molar-refractivity contribution is 0.339. The Hall–Kier alpha value is -3.24. The van der Waals surface area contributed by atoms with Crippen molar-refractivity contribution < 1.29 is 19.7 Å². The van der Waals surface area contributed by atoms with Crippen LogP contribution in [0.25, 0.3) is 0 Å². The Morgan fingerprint density at radius 3 is 2.36 bits per heavy atom. The van der Waals surface area contributed by atoms with E-state index >= 15 is 0 Å². The average molecular weight is 486 g/mol. The molecule has 0 fully saturated rings. The number of ether oxygens (including phenoxy) is 2. The van der Waals surface area contributed by atoms with Crippen molar-refractivity contribution in [2.24, 2.45) is 19.1 Å². The maximum Gasteiger partial charge on any atom is 0.267 e. The van der Waals surface area contributed by atoms with Crippen LogP contribution in [0.4, 0.5) is 5.69 Å². The van der Waals surface area contributed by atoms with Gasteiger partial charge in [-0.05, 0) is 42.0 Å². The van der Waals surface area contributed by atoms with E-state index < -0.39 is 5.56 Å². The highest BCUT2D eigenvalue weighted by atomic mass is 32.2. The van der Waals surface area contributed by atoms with E-state index in [4.69, 9.17) is 26.7 Å². The second-order valence-electron chi connectivity index (χ2n) is 7.52. The van der Waals surface area contributed by atoms with Gasteiger partial charge in [0.25, 0.3) is 5.56 Å². The Kier molecular flexibility index (Phi) is 6.22. The summed E-state index contributed by atoms with van der Waals surface area (Å²) >= 11 is 6.83. The molecule has 0 unspecified atom stereocenters. The summed E-state index contributed by atoms with van der Waals surface area (Å²) in [6.45, 7) is 0. The Bertz CT molecular complexity index is 1370. The van der Waals surface area contributed by atoms with Gasteiger partial charge in [0, 0.05) is 30.7 Å². The first kappa shape index (κ1) is 22.9. The molecule has 10 heteroatoms. The summed E-state index contributed by atoms with van der Waals surface area (Å²) in [6.07, 6.45) is 0.329. The Morgan fingerprint density at radius 2 is 1.73 bits per heavy atom. The first-order valence-electron chi connectivity index (χ1n) is 10.0. The zero-order chi connectivity index (χ0) is 23.9. The van der Waals surface area contributed by atoms with Gasteiger partial charge in [0.05, 0.1) is 25.6 Å². The summed E-state index contributed by atoms with van der Waals surface area (Å²) in [7, 11) is 6.12. The van der Waals surface area contributed by atoms with Gasteiger partial charge in [0.15, 0.2) is 16.3 Å². The minimum Gasteiger partial charge on any atom is -0.502 e. The third-order valence-electron chi connectivity index (χ3n) is 5.56. The van der Waals surface area contributed by atoms with Crippen molar-refractivity contribution in [3.8, 4) is 23.1 Å². The van der Waals surface area contributed by atoms with Gasteiger partial charge >= 0.3 is 0 Å². The van der Waals surface area contributed by atoms with Crippen LogP contribution in [0.1, 0.15) is 22.8 Å². The molecule has 2 heterocycles. The van der Waals surface area contributed by atoms with Gasteiger partial charge < -0.3 is 19.7 Å². The molecule has 8 nitrogen and oxygen atoms in total. The fourth-order valence-electron chi connectivity index (χ4n) is 3.74. The van der Waals surface area contributed by atoms with Gasteiger partial charge in [-0.2, -0.15) is 0 Å². The summed E-state index contributed by atoms with van der Waals surface area (Å²) in [5, 5.41) is 21.0. The quantitative estimate of drug-likeness (QED) is 0.534. The van der Waals surface area contributed by atoms with Crippen LogP contribution in [0.15, 0.2) is 51.1 Å². The molecular weight excluding hydrogens is 462 g/mol. The van der Waals surface area contributed by atoms with Gasteiger partial charge in [0.2, 0.25) is 11.6 Å². The van der Waals surface area contributed by atoms with Crippen molar-refractivity contribution in [3.63, 3.8) is 0 Å². The molecule has 0 bridgehead atoms. The number of nitrogens with zero attached hydrogens (tertiary/aromatic N) is 3. The largest absolute Gasteiger partial charge is 0.502 e. The number of phenolic OH excluding ortho intramolecular Hbond substituents is 1. The van der Waals surface area contributed by atoms with Crippen LogP contribution in [0.5, 0.6) is 23.1 Å². The van der Waals surface area contributed by atoms with Gasteiger partial charge in [-0.25, -0.2) is 0 Å². The maximum absolute atomic E-state index is 13.1. The van der Waals surface area contributed by atoms with E-state index in [2.05, 4.69) is 0 Å². The highest BCUT2D eigenvalue weighted by molar-refractivity contribution is 7.99. The van der Waals surface area contributed by atoms with Crippen LogP contribution in [0.2, 0.25) is 0 Å². The van der Waals surface area contributed by atoms with Crippen molar-refractivity contribution >= 4 is 35.4 Å². The summed E-state index contributed by atoms with van der Waals surface area (Å²) in [5.74, 6) is 0.241. The van der Waals surface area contributed by atoms with E-state index in [0.29, 0.717) is 17.8 Å². The molecular formula is C23H23N3O5S2. The standard InChI is InChI=1S/C23H23N3O5S2/c1-25-21(28)19(22(29)26(2)23(25)32)14-11-18(33-17-8-6-5-7-13(17)24-14)12-9-15(30-3)20(27)16(10-12)31-4/h5-10,18,27-28H,11H2,1-4H3/t18-/m0/s1. The zero-order valence-electron chi connectivity index (χ0n) is 18.5. The fraction of sp³-hybridized carbons (Fsp3) is 0.261. The number of phenols is 1. The van der Waals surface area contributed by atoms with E-state index in [1.165, 1.54) is 23.4 Å². The molecule has 3 aromatic rings. The van der Waals surface area contributed by atoms with Crippen LogP contribution < -0.4 is 15.0 Å². The van der Waals surface area contributed by atoms with Crippen molar-refractivity contribution in [2.75, 3.05) is 14.2 Å². The Morgan fingerprint density at radius 1 is 1.09 bits per heavy atom. The fourth-order valence-corrected chi connectivity index (χ4v) is 5.12. The number of aromatic nitrogens is 2. The van der Waals surface area contributed by atoms with Crippen LogP contribution in [-0.4, -0.2) is 39.3 Å². The first-order chi connectivity index (χ1) is 15.8. The molecule has 1 atom stereocenters. The van der Waals surface area contributed by atoms with Gasteiger partial charge in [-0.1, -0.05) is 12.1 Å². The lowest BCUT2D eigenvalue weighted by Crippen LogP contribution is -2.29. The van der Waals surface area contributed by atoms with E-state index in [9.17, 15) is 15.0 Å². The molecule has 0 amide bonds. The molecule has 4 rings (SSSR count). The van der Waals surface area contributed by atoms with E-state index in [-0.39, 0.29) is 38.7 Å². The molecule has 0 spiro atoms. The summed E-state index contributed by atoms with van der Waals surface area (Å²) in [4.78, 5) is 18.8. The molecule has 0 saturated heterocycles. The number of hydrogen-bond acceptors (Lipinski definition) is 8. The van der Waals surface area contributed by atoms with Gasteiger partial charge in [-0.15, -0.1) is 11.8 Å². The molecule has 1 aliphatic heterocycles. The molecule has 0 saturated carbocycles. The molecule has 2 aromatic carbocycles. The van der Waals surface area contributed by atoms with Crippen molar-refractivity contribution in [2.45, 2.75) is 16.6 Å². The normalized spacial score (nSPS) is 15.4. The third kappa shape index (κ3) is 4.00. The summed E-state index contributed by atoms with van der Waals surface area (Å²) in [5.41, 5.74) is 1.64. The highest BCUT2D eigenvalue weighted by Crippen LogP contribution is 2.48. The van der Waals surface area contributed by atoms with Crippen LogP contribution >= 0.6 is 24.0 Å². The lowest BCUT2D eigenvalue weighted by Gasteiger charge is -2.19. The van der Waals surface area contributed by atoms with Gasteiger partial charge in [-0.3, -0.25) is 18.9 Å². The second-order valence-corrected chi connectivity index (χ2v) is 9.12. The molecule has 33 heavy (non-hydrogen) atoms. The Labute approximate surface area is 199 Å². The van der Waals surface area contributed by atoms with Gasteiger partial charge in [0.1, 0.15) is 5.56 Å². The van der Waals surface area contributed by atoms with Crippen molar-refractivity contribution in [1.82, 2.24) is 9.13 Å². The van der Waals surface area contributed by atoms with Crippen molar-refractivity contribution in [1.29, 1.82) is 0 Å². The summed E-state index contributed by atoms with van der Waals surface area (Å²) < 4.78 is 13.6. The number of methoxy groups -OCH3 is 2. The number of hydrogen-bond donors (Lipinski definition) is 2. The molecule has 2 N–H and O–H groups in total. The maximum atomic E-state index is 13.1. The monoisotopic (exact) mass is 485 g/mol. The molecule has 0 aliphatic carbocycles. The number of benzene rings is 2. The van der Waals surface area contributed by atoms with E-state index in [1.54, 1.807) is 38.0 Å². The van der Waals surface area contributed by atoms with Crippen LogP contribution in [0.3, 0.4) is 0 Å². The topological polar surface area (TPSA) is 98.2 Å². The summed E-state index contributed by atoms with van der Waals surface area (Å²) in [6, 6.07) is 11.1. The third-order valence-corrected chi connectivity index (χ3v) is 7.44. The van der Waals surface area contributed by atoms with Crippen LogP contribution in [-0.2, 0) is 14.1 Å². The van der Waals surface area contributed by atoms with E-state index in [0.717, 1.165) is 10.5 Å². The number of aromatic hydroxyl groups is 2. The second kappa shape index (κ2) is 8.95. The SMILES string of the molecule is COc1cc([C@@H]2CC(c3c(O)n(C)c(=S)n(C)c3=O)=Nc3ccccc3S2)cc(OC)c1O. The zero-order valence-corrected chi connectivity index (χ0v) is 20.2. The lowest BCUT2D eigenvalue weighted by atomic mass is 10.0. The van der Waals surface area contributed by atoms with Crippen molar-refractivity contribution in [3.05, 3.63) is 62.6 Å². The highest BCUT2D eigenvalue weighted by Gasteiger charge is 2.28. The number of aliphatic imine (C=N–C) groups is 1. The molecule has 0 radical (unpaired) electrons. The number of thioether (sulfide) groups is 1. The average Bonchev–Trinajstić information content (AvgIpc) is 3.01. The van der Waals surface area contributed by atoms with E-state index in [1.807, 2.05) is 24.3 Å². The number of fused-ring (bicyclic) bond motifs is 1. The molecule has 1 aromatic heterocycles. The Balaban J connectivity index is 1.94. The molecule has 172 valence electrons. The predicted molar refractivity (Wildman–Crippen MR) is 130 cm³/mol. The number of para-hydroxylation sites is 1. The minimum absolute atomic E-state index is 0.0868. The smallest absolute Gasteiger partial charge is 0.267 e. The number of rotatable bonds is 4. The molecule has 1 aliphatic rings. The minimum atomic E-state index is -0.418. The predicted octanol–water partition coefficient (Wildman–Crippen LogP) is 4.24. The first-order valence-corrected chi connectivity index (χ1v) is 11.3. The van der Waals surface area contributed by atoms with Crippen LogP contribution in [0, 0.1) is 4.77 Å².